The molecule has 0 saturated carbocycles. The molecule has 0 aromatic carbocycles. The summed E-state index contributed by atoms with van der Waals surface area (Å²) in [6, 6.07) is 7.32. The van der Waals surface area contributed by atoms with Gasteiger partial charge in [-0.05, 0) is 17.5 Å². The maximum atomic E-state index is 11.4. The van der Waals surface area contributed by atoms with Gasteiger partial charge in [0.2, 0.25) is 0 Å². The van der Waals surface area contributed by atoms with Crippen LogP contribution in [0.5, 0.6) is 0 Å². The smallest absolute Gasteiger partial charge is 0.250 e. The molecule has 15 heavy (non-hydrogen) atoms. The number of rotatable bonds is 3. The fourth-order valence-electron chi connectivity index (χ4n) is 1.40. The van der Waals surface area contributed by atoms with E-state index in [0.29, 0.717) is 6.54 Å². The van der Waals surface area contributed by atoms with Crippen molar-refractivity contribution in [3.05, 3.63) is 46.2 Å². The lowest BCUT2D eigenvalue weighted by Gasteiger charge is -2.04. The van der Waals surface area contributed by atoms with Crippen LogP contribution in [-0.2, 0) is 6.54 Å². The molecule has 0 bridgehead atoms. The van der Waals surface area contributed by atoms with Crippen LogP contribution in [0.4, 0.5) is 0 Å². The van der Waals surface area contributed by atoms with Crippen LogP contribution in [0.2, 0.25) is 0 Å². The van der Waals surface area contributed by atoms with Crippen LogP contribution in [0.25, 0.3) is 10.4 Å². The minimum atomic E-state index is -0.0793. The van der Waals surface area contributed by atoms with Crippen molar-refractivity contribution in [3.63, 3.8) is 0 Å². The third kappa shape index (κ3) is 2.16. The Bertz CT molecular complexity index is 488. The lowest BCUT2D eigenvalue weighted by molar-refractivity contribution is 0.274. The van der Waals surface area contributed by atoms with E-state index in [9.17, 15) is 4.79 Å². The Morgan fingerprint density at radius 3 is 2.87 bits per heavy atom. The Morgan fingerprint density at radius 2 is 2.20 bits per heavy atom. The highest BCUT2D eigenvalue weighted by atomic mass is 32.1. The van der Waals surface area contributed by atoms with Gasteiger partial charge in [-0.1, -0.05) is 6.07 Å². The highest BCUT2D eigenvalue weighted by molar-refractivity contribution is 7.13. The SMILES string of the molecule is O=c1ccc(-c2cccs2)cn1CCO. The molecule has 0 aliphatic heterocycles. The number of hydrogen-bond acceptors (Lipinski definition) is 3. The highest BCUT2D eigenvalue weighted by Crippen LogP contribution is 2.22. The molecule has 2 aromatic rings. The number of aromatic nitrogens is 1. The monoisotopic (exact) mass is 221 g/mol. The summed E-state index contributed by atoms with van der Waals surface area (Å²) >= 11 is 1.63. The zero-order chi connectivity index (χ0) is 10.7. The van der Waals surface area contributed by atoms with Crippen LogP contribution in [0.3, 0.4) is 0 Å². The van der Waals surface area contributed by atoms with Crippen molar-refractivity contribution in [1.82, 2.24) is 4.57 Å². The predicted molar refractivity (Wildman–Crippen MR) is 61.1 cm³/mol. The van der Waals surface area contributed by atoms with E-state index < -0.39 is 0 Å². The molecule has 3 nitrogen and oxygen atoms in total. The first-order valence-electron chi connectivity index (χ1n) is 4.66. The van der Waals surface area contributed by atoms with Crippen molar-refractivity contribution in [2.75, 3.05) is 6.61 Å². The van der Waals surface area contributed by atoms with Crippen molar-refractivity contribution >= 4 is 11.3 Å². The molecule has 0 amide bonds. The van der Waals surface area contributed by atoms with E-state index in [0.717, 1.165) is 10.4 Å². The predicted octanol–water partition coefficient (Wildman–Crippen LogP) is 1.57. The number of aliphatic hydroxyl groups is 1. The Labute approximate surface area is 91.2 Å². The van der Waals surface area contributed by atoms with Gasteiger partial charge in [-0.25, -0.2) is 0 Å². The summed E-state index contributed by atoms with van der Waals surface area (Å²) in [7, 11) is 0. The van der Waals surface area contributed by atoms with Crippen LogP contribution in [0, 0.1) is 0 Å². The summed E-state index contributed by atoms with van der Waals surface area (Å²) in [4.78, 5) is 12.5. The summed E-state index contributed by atoms with van der Waals surface area (Å²) in [5, 5.41) is 10.8. The fraction of sp³-hybridized carbons (Fsp3) is 0.182. The molecular weight excluding hydrogens is 210 g/mol. The molecule has 0 radical (unpaired) electrons. The molecule has 0 atom stereocenters. The van der Waals surface area contributed by atoms with Gasteiger partial charge in [0.25, 0.3) is 5.56 Å². The lowest BCUT2D eigenvalue weighted by Crippen LogP contribution is -2.19. The third-order valence-corrected chi connectivity index (χ3v) is 3.05. The first-order chi connectivity index (χ1) is 7.31. The summed E-state index contributed by atoms with van der Waals surface area (Å²) in [5.41, 5.74) is 0.933. The Hall–Kier alpha value is -1.39. The third-order valence-electron chi connectivity index (χ3n) is 2.13. The molecule has 0 saturated heterocycles. The topological polar surface area (TPSA) is 42.2 Å². The van der Waals surface area contributed by atoms with E-state index in [1.807, 2.05) is 23.6 Å². The molecule has 0 fully saturated rings. The van der Waals surface area contributed by atoms with E-state index in [1.165, 1.54) is 10.6 Å². The van der Waals surface area contributed by atoms with Gasteiger partial charge in [-0.15, -0.1) is 11.3 Å². The molecule has 1 N–H and O–H groups in total. The molecule has 78 valence electrons. The van der Waals surface area contributed by atoms with E-state index in [2.05, 4.69) is 0 Å². The minimum absolute atomic E-state index is 0.0200. The van der Waals surface area contributed by atoms with Gasteiger partial charge in [-0.2, -0.15) is 0 Å². The van der Waals surface area contributed by atoms with Crippen molar-refractivity contribution in [3.8, 4) is 10.4 Å². The highest BCUT2D eigenvalue weighted by Gasteiger charge is 2.01. The first kappa shape index (κ1) is 10.1. The van der Waals surface area contributed by atoms with Crippen LogP contribution < -0.4 is 5.56 Å². The van der Waals surface area contributed by atoms with Crippen LogP contribution in [-0.4, -0.2) is 16.3 Å². The van der Waals surface area contributed by atoms with Gasteiger partial charge < -0.3 is 9.67 Å². The van der Waals surface area contributed by atoms with Crippen molar-refractivity contribution in [2.45, 2.75) is 6.54 Å². The maximum Gasteiger partial charge on any atom is 0.250 e. The van der Waals surface area contributed by atoms with E-state index in [4.69, 9.17) is 5.11 Å². The van der Waals surface area contributed by atoms with E-state index >= 15 is 0 Å². The first-order valence-corrected chi connectivity index (χ1v) is 5.54. The molecule has 2 aromatic heterocycles. The van der Waals surface area contributed by atoms with Gasteiger partial charge in [0.05, 0.1) is 6.61 Å². The van der Waals surface area contributed by atoms with Crippen molar-refractivity contribution in [2.24, 2.45) is 0 Å². The standard InChI is InChI=1S/C11H11NO2S/c13-6-5-12-8-9(3-4-11(12)14)10-2-1-7-15-10/h1-4,7-8,13H,5-6H2. The zero-order valence-electron chi connectivity index (χ0n) is 8.09. The summed E-state index contributed by atoms with van der Waals surface area (Å²) < 4.78 is 1.52. The normalized spacial score (nSPS) is 10.5. The molecule has 0 spiro atoms. The summed E-state index contributed by atoms with van der Waals surface area (Å²) in [6.07, 6.45) is 1.78. The average molecular weight is 221 g/mol. The van der Waals surface area contributed by atoms with Crippen molar-refractivity contribution in [1.29, 1.82) is 0 Å². The molecule has 2 heterocycles. The number of nitrogens with zero attached hydrogens (tertiary/aromatic N) is 1. The second kappa shape index (κ2) is 4.42. The number of aliphatic hydroxyl groups excluding tert-OH is 1. The fourth-order valence-corrected chi connectivity index (χ4v) is 2.12. The molecule has 0 unspecified atom stereocenters. The Balaban J connectivity index is 2.43. The Morgan fingerprint density at radius 1 is 1.33 bits per heavy atom. The van der Waals surface area contributed by atoms with E-state index in [1.54, 1.807) is 17.5 Å². The number of thiophene rings is 1. The number of pyridine rings is 1. The summed E-state index contributed by atoms with van der Waals surface area (Å²) in [6.45, 7) is 0.325. The maximum absolute atomic E-state index is 11.4. The molecule has 0 aliphatic carbocycles. The molecular formula is C11H11NO2S. The quantitative estimate of drug-likeness (QED) is 0.854. The molecule has 0 aliphatic rings. The lowest BCUT2D eigenvalue weighted by atomic mass is 10.2. The van der Waals surface area contributed by atoms with Crippen LogP contribution in [0.15, 0.2) is 40.6 Å². The van der Waals surface area contributed by atoms with Gasteiger partial charge in [-0.3, -0.25) is 4.79 Å². The van der Waals surface area contributed by atoms with Gasteiger partial charge in [0, 0.05) is 29.2 Å². The second-order valence-corrected chi connectivity index (χ2v) is 4.10. The zero-order valence-corrected chi connectivity index (χ0v) is 8.91. The number of hydrogen-bond donors (Lipinski definition) is 1. The van der Waals surface area contributed by atoms with Crippen LogP contribution >= 0.6 is 11.3 Å². The average Bonchev–Trinajstić information content (AvgIpc) is 2.75. The van der Waals surface area contributed by atoms with Gasteiger partial charge in [0.1, 0.15) is 0 Å². The van der Waals surface area contributed by atoms with Crippen LogP contribution in [0.1, 0.15) is 0 Å². The van der Waals surface area contributed by atoms with Gasteiger partial charge in [0.15, 0.2) is 0 Å². The van der Waals surface area contributed by atoms with Gasteiger partial charge >= 0.3 is 0 Å². The minimum Gasteiger partial charge on any atom is -0.395 e. The largest absolute Gasteiger partial charge is 0.395 e. The van der Waals surface area contributed by atoms with E-state index in [-0.39, 0.29) is 12.2 Å². The Kier molecular flexibility index (Phi) is 2.99. The second-order valence-electron chi connectivity index (χ2n) is 3.15. The molecule has 4 heteroatoms. The molecule has 2 rings (SSSR count). The summed E-state index contributed by atoms with van der Waals surface area (Å²) in [5.74, 6) is 0. The van der Waals surface area contributed by atoms with Crippen molar-refractivity contribution < 1.29 is 5.11 Å².